The van der Waals surface area contributed by atoms with E-state index in [1.54, 1.807) is 0 Å². The standard InChI is InChI=1S/C49H31N3O/c53-49-43-30-46-40(37-23-10-12-25-44(37)50(46)34-18-6-2-7-19-34)28-39(43)42-29-41-38-24-11-13-26-45(38)51(36-22-14-17-33(27-36)32-15-4-1-5-16-32)47(41)31-48(42)52(49)35-20-8-3-9-21-35/h1-31H. The highest BCUT2D eigenvalue weighted by atomic mass is 16.1. The summed E-state index contributed by atoms with van der Waals surface area (Å²) in [6.45, 7) is 0. The van der Waals surface area contributed by atoms with E-state index in [1.165, 1.54) is 10.9 Å². The van der Waals surface area contributed by atoms with Crippen molar-refractivity contribution in [2.75, 3.05) is 0 Å². The Morgan fingerprint density at radius 1 is 0.264 bits per heavy atom. The quantitative estimate of drug-likeness (QED) is 0.171. The molecule has 53 heavy (non-hydrogen) atoms. The van der Waals surface area contributed by atoms with Crippen molar-refractivity contribution in [2.45, 2.75) is 0 Å². The number of aromatic nitrogens is 3. The molecule has 248 valence electrons. The van der Waals surface area contributed by atoms with Crippen LogP contribution in [-0.4, -0.2) is 13.7 Å². The van der Waals surface area contributed by atoms with E-state index in [0.29, 0.717) is 5.39 Å². The first-order valence-electron chi connectivity index (χ1n) is 18.0. The average Bonchev–Trinajstić information content (AvgIpc) is 3.73. The zero-order chi connectivity index (χ0) is 35.0. The molecule has 0 aliphatic carbocycles. The molecule has 0 amide bonds. The van der Waals surface area contributed by atoms with Crippen LogP contribution in [0.3, 0.4) is 0 Å². The van der Waals surface area contributed by atoms with Gasteiger partial charge in [-0.2, -0.15) is 0 Å². The number of nitrogens with zero attached hydrogens (tertiary/aromatic N) is 3. The summed E-state index contributed by atoms with van der Waals surface area (Å²) < 4.78 is 6.53. The third kappa shape index (κ3) is 4.39. The third-order valence-corrected chi connectivity index (χ3v) is 10.8. The van der Waals surface area contributed by atoms with Crippen molar-refractivity contribution in [3.05, 3.63) is 198 Å². The first-order chi connectivity index (χ1) is 26.2. The van der Waals surface area contributed by atoms with Gasteiger partial charge in [0.2, 0.25) is 0 Å². The molecule has 0 fully saturated rings. The topological polar surface area (TPSA) is 31.9 Å². The van der Waals surface area contributed by atoms with Gasteiger partial charge in [-0.15, -0.1) is 0 Å². The molecular weight excluding hydrogens is 647 g/mol. The van der Waals surface area contributed by atoms with Gasteiger partial charge in [-0.3, -0.25) is 9.36 Å². The molecule has 0 atom stereocenters. The summed E-state index contributed by atoms with van der Waals surface area (Å²) in [5.41, 5.74) is 10.4. The van der Waals surface area contributed by atoms with Gasteiger partial charge in [0, 0.05) is 44.0 Å². The van der Waals surface area contributed by atoms with Crippen LogP contribution in [0.1, 0.15) is 0 Å². The Labute approximate surface area is 304 Å². The Morgan fingerprint density at radius 2 is 0.717 bits per heavy atom. The summed E-state index contributed by atoms with van der Waals surface area (Å²) >= 11 is 0. The van der Waals surface area contributed by atoms with Crippen LogP contribution in [0.25, 0.3) is 93.5 Å². The molecule has 0 aliphatic heterocycles. The number of hydrogen-bond donors (Lipinski definition) is 0. The van der Waals surface area contributed by atoms with Crippen LogP contribution >= 0.6 is 0 Å². The van der Waals surface area contributed by atoms with E-state index in [1.807, 2.05) is 47.0 Å². The lowest BCUT2D eigenvalue weighted by Crippen LogP contribution is -2.19. The van der Waals surface area contributed by atoms with Gasteiger partial charge >= 0.3 is 0 Å². The first-order valence-corrected chi connectivity index (χ1v) is 18.0. The maximum Gasteiger partial charge on any atom is 0.263 e. The number of pyridine rings is 1. The molecule has 0 aliphatic rings. The second-order valence-corrected chi connectivity index (χ2v) is 13.7. The van der Waals surface area contributed by atoms with Gasteiger partial charge in [0.05, 0.1) is 33.0 Å². The highest BCUT2D eigenvalue weighted by Gasteiger charge is 2.21. The molecule has 0 saturated carbocycles. The Hall–Kier alpha value is -7.17. The SMILES string of the molecule is O=c1c2cc3c(cc2c2cc4c5ccccc5n(-c5cccc(-c6ccccc6)c5)c4cc2n1-c1ccccc1)c1ccccc1n3-c1ccccc1. The van der Waals surface area contributed by atoms with Crippen LogP contribution in [0.15, 0.2) is 193 Å². The van der Waals surface area contributed by atoms with Crippen molar-refractivity contribution in [1.82, 2.24) is 13.7 Å². The van der Waals surface area contributed by atoms with E-state index in [-0.39, 0.29) is 5.56 Å². The van der Waals surface area contributed by atoms with E-state index < -0.39 is 0 Å². The minimum atomic E-state index is -0.0430. The summed E-state index contributed by atoms with van der Waals surface area (Å²) in [5, 5.41) is 7.26. The van der Waals surface area contributed by atoms with Gasteiger partial charge < -0.3 is 9.13 Å². The number of rotatable bonds is 4. The van der Waals surface area contributed by atoms with E-state index in [4.69, 9.17) is 0 Å². The van der Waals surface area contributed by atoms with Crippen molar-refractivity contribution in [3.8, 4) is 28.2 Å². The molecule has 0 radical (unpaired) electrons. The second-order valence-electron chi connectivity index (χ2n) is 13.7. The molecule has 4 nitrogen and oxygen atoms in total. The molecule has 0 bridgehead atoms. The van der Waals surface area contributed by atoms with Crippen LogP contribution in [0.4, 0.5) is 0 Å². The van der Waals surface area contributed by atoms with Gasteiger partial charge in [0.25, 0.3) is 5.56 Å². The zero-order valence-electron chi connectivity index (χ0n) is 28.6. The molecule has 0 saturated heterocycles. The fourth-order valence-electron chi connectivity index (χ4n) is 8.47. The van der Waals surface area contributed by atoms with Gasteiger partial charge in [0.1, 0.15) is 0 Å². The van der Waals surface area contributed by atoms with Crippen molar-refractivity contribution in [2.24, 2.45) is 0 Å². The van der Waals surface area contributed by atoms with Crippen molar-refractivity contribution >= 4 is 65.3 Å². The predicted molar refractivity (Wildman–Crippen MR) is 221 cm³/mol. The second kappa shape index (κ2) is 11.4. The normalized spacial score (nSPS) is 11.8. The lowest BCUT2D eigenvalue weighted by atomic mass is 10.0. The van der Waals surface area contributed by atoms with Crippen molar-refractivity contribution in [3.63, 3.8) is 0 Å². The molecule has 4 heteroatoms. The van der Waals surface area contributed by atoms with E-state index in [0.717, 1.165) is 77.1 Å². The molecule has 3 aromatic heterocycles. The van der Waals surface area contributed by atoms with Gasteiger partial charge in [-0.1, -0.05) is 115 Å². The fourth-order valence-corrected chi connectivity index (χ4v) is 8.47. The predicted octanol–water partition coefficient (Wildman–Crippen LogP) is 12.0. The Morgan fingerprint density at radius 3 is 1.38 bits per heavy atom. The lowest BCUT2D eigenvalue weighted by Gasteiger charge is -2.16. The number of para-hydroxylation sites is 4. The van der Waals surface area contributed by atoms with Crippen molar-refractivity contribution in [1.29, 1.82) is 0 Å². The van der Waals surface area contributed by atoms with Crippen LogP contribution in [0, 0.1) is 0 Å². The van der Waals surface area contributed by atoms with Gasteiger partial charge in [-0.25, -0.2) is 0 Å². The maximum atomic E-state index is 15.1. The molecule has 11 aromatic rings. The fraction of sp³-hybridized carbons (Fsp3) is 0. The minimum absolute atomic E-state index is 0.0430. The number of fused-ring (bicyclic) bond motifs is 9. The highest BCUT2D eigenvalue weighted by Crippen LogP contribution is 2.40. The summed E-state index contributed by atoms with van der Waals surface area (Å²) in [6, 6.07) is 65.7. The molecule has 11 rings (SSSR count). The minimum Gasteiger partial charge on any atom is -0.309 e. The molecule has 8 aromatic carbocycles. The average molecular weight is 678 g/mol. The Balaban J connectivity index is 1.30. The Bertz CT molecular complexity index is 3280. The summed E-state index contributed by atoms with van der Waals surface area (Å²) in [5.74, 6) is 0. The zero-order valence-corrected chi connectivity index (χ0v) is 28.6. The van der Waals surface area contributed by atoms with Crippen LogP contribution in [0.2, 0.25) is 0 Å². The van der Waals surface area contributed by atoms with E-state index >= 15 is 4.79 Å². The summed E-state index contributed by atoms with van der Waals surface area (Å²) in [6.07, 6.45) is 0. The number of benzene rings is 8. The number of hydrogen-bond acceptors (Lipinski definition) is 1. The summed E-state index contributed by atoms with van der Waals surface area (Å²) in [7, 11) is 0. The van der Waals surface area contributed by atoms with Crippen LogP contribution in [0.5, 0.6) is 0 Å². The molecule has 3 heterocycles. The van der Waals surface area contributed by atoms with Crippen molar-refractivity contribution < 1.29 is 0 Å². The van der Waals surface area contributed by atoms with Gasteiger partial charge in [-0.05, 0) is 89.3 Å². The first kappa shape index (κ1) is 29.5. The highest BCUT2D eigenvalue weighted by molar-refractivity contribution is 6.21. The molecule has 0 unspecified atom stereocenters. The third-order valence-electron chi connectivity index (χ3n) is 10.8. The van der Waals surface area contributed by atoms with Crippen LogP contribution < -0.4 is 5.56 Å². The van der Waals surface area contributed by atoms with E-state index in [2.05, 4.69) is 155 Å². The lowest BCUT2D eigenvalue weighted by molar-refractivity contribution is 1.06. The van der Waals surface area contributed by atoms with Crippen LogP contribution in [-0.2, 0) is 0 Å². The largest absolute Gasteiger partial charge is 0.309 e. The Kier molecular flexibility index (Phi) is 6.37. The summed E-state index contributed by atoms with van der Waals surface area (Å²) in [4.78, 5) is 15.1. The molecule has 0 spiro atoms. The van der Waals surface area contributed by atoms with Gasteiger partial charge in [0.15, 0.2) is 0 Å². The smallest absolute Gasteiger partial charge is 0.263 e. The monoisotopic (exact) mass is 677 g/mol. The maximum absolute atomic E-state index is 15.1. The molecular formula is C49H31N3O. The molecule has 0 N–H and O–H groups in total. The van der Waals surface area contributed by atoms with E-state index in [9.17, 15) is 0 Å².